The standard InChI is InChI=1S/C75H128O6/c1-4-7-10-13-16-19-22-25-28-30-32-33-34-35-36-37-38-39-40-41-42-43-44-46-47-50-53-56-59-62-65-68-74(77)80-71-72(70-79-73(76)67-64-61-58-55-52-49-27-24-21-18-15-12-9-6-3)81-75(78)69-66-63-60-57-54-51-48-45-31-29-26-23-20-17-14-11-8-5-2/h7,10,16,19,24-25,27-29,31-33,35-36,38-39,41-42,72H,4-6,8-9,11-15,17-18,20-23,26,30,34,37,40,43-71H2,1-3H3/b10-7-,19-16-,27-24-,28-25-,31-29-,33-32-,36-35-,39-38-,42-41-. The number of ether oxygens (including phenoxy) is 3. The van der Waals surface area contributed by atoms with Gasteiger partial charge in [-0.2, -0.15) is 0 Å². The van der Waals surface area contributed by atoms with Crippen LogP contribution in [0.5, 0.6) is 0 Å². The Labute approximate surface area is 501 Å². The van der Waals surface area contributed by atoms with Crippen LogP contribution in [0, 0.1) is 0 Å². The SMILES string of the molecule is CC/C=C\C/C=C\C/C=C\C/C=C\C/C=C\C/C=C\C/C=C\CCCCCCCCCCCC(=O)OCC(COC(=O)CCCCCCC/C=C\CCCCCCC)OC(=O)CCCCCCCCC/C=C\CCCCCCCCC. The number of esters is 3. The molecule has 1 atom stereocenters. The van der Waals surface area contributed by atoms with Gasteiger partial charge in [0.2, 0.25) is 0 Å². The molecule has 6 heteroatoms. The van der Waals surface area contributed by atoms with Crippen molar-refractivity contribution in [1.82, 2.24) is 0 Å². The maximum absolute atomic E-state index is 12.9. The average Bonchev–Trinajstić information content (AvgIpc) is 3.47. The molecule has 0 fully saturated rings. The van der Waals surface area contributed by atoms with Crippen molar-refractivity contribution in [2.45, 2.75) is 335 Å². The van der Waals surface area contributed by atoms with Crippen LogP contribution in [0.2, 0.25) is 0 Å². The lowest BCUT2D eigenvalue weighted by molar-refractivity contribution is -0.167. The van der Waals surface area contributed by atoms with Crippen LogP contribution in [-0.4, -0.2) is 37.2 Å². The summed E-state index contributed by atoms with van der Waals surface area (Å²) < 4.78 is 16.9. The number of rotatable bonds is 62. The highest BCUT2D eigenvalue weighted by molar-refractivity contribution is 5.71. The normalized spacial score (nSPS) is 12.8. The molecule has 0 N–H and O–H groups in total. The first-order valence-corrected chi connectivity index (χ1v) is 34.4. The maximum atomic E-state index is 12.9. The monoisotopic (exact) mass is 1120 g/mol. The fourth-order valence-corrected chi connectivity index (χ4v) is 9.59. The topological polar surface area (TPSA) is 78.9 Å². The van der Waals surface area contributed by atoms with Crippen molar-refractivity contribution in [3.63, 3.8) is 0 Å². The van der Waals surface area contributed by atoms with E-state index in [1.54, 1.807) is 0 Å². The second-order valence-corrected chi connectivity index (χ2v) is 22.7. The predicted octanol–water partition coefficient (Wildman–Crippen LogP) is 23.8. The van der Waals surface area contributed by atoms with Crippen LogP contribution in [0.15, 0.2) is 109 Å². The summed E-state index contributed by atoms with van der Waals surface area (Å²) in [5, 5.41) is 0. The Hall–Kier alpha value is -3.93. The second-order valence-electron chi connectivity index (χ2n) is 22.7. The molecule has 0 heterocycles. The van der Waals surface area contributed by atoms with Crippen molar-refractivity contribution in [3.8, 4) is 0 Å². The summed E-state index contributed by atoms with van der Waals surface area (Å²) in [5.41, 5.74) is 0. The van der Waals surface area contributed by atoms with E-state index < -0.39 is 6.10 Å². The lowest BCUT2D eigenvalue weighted by Crippen LogP contribution is -2.30. The van der Waals surface area contributed by atoms with Gasteiger partial charge in [0.25, 0.3) is 0 Å². The Balaban J connectivity index is 4.31. The van der Waals surface area contributed by atoms with Gasteiger partial charge in [0.05, 0.1) is 0 Å². The number of allylic oxidation sites excluding steroid dienone is 18. The first-order valence-electron chi connectivity index (χ1n) is 34.4. The van der Waals surface area contributed by atoms with Crippen LogP contribution in [0.1, 0.15) is 329 Å². The summed E-state index contributed by atoms with van der Waals surface area (Å²) in [6.07, 6.45) is 93.9. The summed E-state index contributed by atoms with van der Waals surface area (Å²) in [6.45, 7) is 6.53. The highest BCUT2D eigenvalue weighted by Gasteiger charge is 2.19. The van der Waals surface area contributed by atoms with Crippen molar-refractivity contribution < 1.29 is 28.6 Å². The zero-order valence-electron chi connectivity index (χ0n) is 53.3. The highest BCUT2D eigenvalue weighted by atomic mass is 16.6. The zero-order chi connectivity index (χ0) is 58.5. The molecule has 0 aromatic carbocycles. The third kappa shape index (κ3) is 66.8. The Kier molecular flexibility index (Phi) is 65.2. The molecule has 0 saturated carbocycles. The first-order chi connectivity index (χ1) is 40.0. The molecule has 0 aliphatic heterocycles. The third-order valence-corrected chi connectivity index (χ3v) is 14.7. The van der Waals surface area contributed by atoms with E-state index in [1.165, 1.54) is 173 Å². The van der Waals surface area contributed by atoms with E-state index in [4.69, 9.17) is 14.2 Å². The van der Waals surface area contributed by atoms with Crippen molar-refractivity contribution in [2.24, 2.45) is 0 Å². The van der Waals surface area contributed by atoms with Crippen LogP contribution < -0.4 is 0 Å². The van der Waals surface area contributed by atoms with Gasteiger partial charge in [0.1, 0.15) is 13.2 Å². The van der Waals surface area contributed by atoms with E-state index in [9.17, 15) is 14.4 Å². The number of hydrogen-bond donors (Lipinski definition) is 0. The van der Waals surface area contributed by atoms with Crippen LogP contribution in [0.25, 0.3) is 0 Å². The van der Waals surface area contributed by atoms with Gasteiger partial charge in [-0.3, -0.25) is 14.4 Å². The van der Waals surface area contributed by atoms with Crippen LogP contribution in [0.4, 0.5) is 0 Å². The summed E-state index contributed by atoms with van der Waals surface area (Å²) in [4.78, 5) is 38.4. The smallest absolute Gasteiger partial charge is 0.306 e. The number of hydrogen-bond acceptors (Lipinski definition) is 6. The summed E-state index contributed by atoms with van der Waals surface area (Å²) in [6, 6.07) is 0. The lowest BCUT2D eigenvalue weighted by atomic mass is 10.1. The molecule has 6 nitrogen and oxygen atoms in total. The molecule has 464 valence electrons. The molecule has 0 bridgehead atoms. The van der Waals surface area contributed by atoms with E-state index in [0.717, 1.165) is 116 Å². The van der Waals surface area contributed by atoms with Gasteiger partial charge in [-0.15, -0.1) is 0 Å². The quantitative estimate of drug-likeness (QED) is 0.0261. The summed E-state index contributed by atoms with van der Waals surface area (Å²) in [7, 11) is 0. The molecule has 0 aromatic rings. The van der Waals surface area contributed by atoms with Gasteiger partial charge in [-0.25, -0.2) is 0 Å². The largest absolute Gasteiger partial charge is 0.462 e. The second kappa shape index (κ2) is 68.6. The molecular weight excluding hydrogens is 997 g/mol. The van der Waals surface area contributed by atoms with Crippen molar-refractivity contribution in [2.75, 3.05) is 13.2 Å². The van der Waals surface area contributed by atoms with Gasteiger partial charge < -0.3 is 14.2 Å². The van der Waals surface area contributed by atoms with Crippen LogP contribution >= 0.6 is 0 Å². The molecular formula is C75H128O6. The number of unbranched alkanes of at least 4 members (excludes halogenated alkanes) is 33. The lowest BCUT2D eigenvalue weighted by Gasteiger charge is -2.18. The van der Waals surface area contributed by atoms with Crippen LogP contribution in [-0.2, 0) is 28.6 Å². The van der Waals surface area contributed by atoms with Gasteiger partial charge in [-0.05, 0) is 128 Å². The first kappa shape index (κ1) is 77.1. The fraction of sp³-hybridized carbons (Fsp3) is 0.720. The van der Waals surface area contributed by atoms with E-state index in [-0.39, 0.29) is 31.1 Å². The number of carbonyl (C=O) groups is 3. The van der Waals surface area contributed by atoms with Gasteiger partial charge >= 0.3 is 17.9 Å². The minimum atomic E-state index is -0.788. The highest BCUT2D eigenvalue weighted by Crippen LogP contribution is 2.16. The molecule has 81 heavy (non-hydrogen) atoms. The molecule has 0 spiro atoms. The average molecular weight is 1130 g/mol. The van der Waals surface area contributed by atoms with Crippen molar-refractivity contribution in [1.29, 1.82) is 0 Å². The third-order valence-electron chi connectivity index (χ3n) is 14.7. The molecule has 1 unspecified atom stereocenters. The fourth-order valence-electron chi connectivity index (χ4n) is 9.59. The molecule has 0 aliphatic carbocycles. The summed E-state index contributed by atoms with van der Waals surface area (Å²) in [5.74, 6) is -0.891. The van der Waals surface area contributed by atoms with Crippen molar-refractivity contribution in [3.05, 3.63) is 109 Å². The maximum Gasteiger partial charge on any atom is 0.306 e. The minimum absolute atomic E-state index is 0.0844. The minimum Gasteiger partial charge on any atom is -0.462 e. The Morgan fingerprint density at radius 3 is 0.765 bits per heavy atom. The van der Waals surface area contributed by atoms with Gasteiger partial charge in [-0.1, -0.05) is 291 Å². The molecule has 0 aliphatic rings. The predicted molar refractivity (Wildman–Crippen MR) is 353 cm³/mol. The van der Waals surface area contributed by atoms with E-state index in [1.807, 2.05) is 0 Å². The summed E-state index contributed by atoms with van der Waals surface area (Å²) >= 11 is 0. The Bertz CT molecular complexity index is 1620. The number of carbonyl (C=O) groups excluding carboxylic acids is 3. The molecule has 0 saturated heterocycles. The van der Waals surface area contributed by atoms with Gasteiger partial charge in [0, 0.05) is 19.3 Å². The van der Waals surface area contributed by atoms with E-state index >= 15 is 0 Å². The Morgan fingerprint density at radius 1 is 0.259 bits per heavy atom. The Morgan fingerprint density at radius 2 is 0.481 bits per heavy atom. The van der Waals surface area contributed by atoms with Gasteiger partial charge in [0.15, 0.2) is 6.10 Å². The van der Waals surface area contributed by atoms with E-state index in [0.29, 0.717) is 19.3 Å². The van der Waals surface area contributed by atoms with Crippen LogP contribution in [0.3, 0.4) is 0 Å². The zero-order valence-corrected chi connectivity index (χ0v) is 53.3. The van der Waals surface area contributed by atoms with Crippen molar-refractivity contribution >= 4 is 17.9 Å². The molecule has 0 amide bonds. The van der Waals surface area contributed by atoms with E-state index in [2.05, 4.69) is 130 Å². The molecule has 0 rings (SSSR count). The molecule has 0 radical (unpaired) electrons. The molecule has 0 aromatic heterocycles.